The number of aryl methyl sites for hydroxylation is 1. The fourth-order valence-electron chi connectivity index (χ4n) is 6.22. The molecule has 0 unspecified atom stereocenters. The van der Waals surface area contributed by atoms with Crippen molar-refractivity contribution in [3.8, 4) is 22.6 Å². The largest absolute Gasteiger partial charge is 0.487 e. The highest BCUT2D eigenvalue weighted by atomic mass is 16.5. The average molecular weight is 573 g/mol. The molecule has 0 spiro atoms. The fraction of sp³-hybridized carbons (Fsp3) is 0.265. The number of fused-ring (bicyclic) bond motifs is 2. The van der Waals surface area contributed by atoms with Crippen molar-refractivity contribution in [2.45, 2.75) is 58.5 Å². The number of hydrogen-bond acceptors (Lipinski definition) is 6. The number of rotatable bonds is 7. The van der Waals surface area contributed by atoms with E-state index in [4.69, 9.17) is 4.74 Å². The molecular formula is C34H32N6O3. The Labute approximate surface area is 248 Å². The van der Waals surface area contributed by atoms with Gasteiger partial charge in [-0.05, 0) is 61.2 Å². The molecule has 43 heavy (non-hydrogen) atoms. The zero-order valence-electron chi connectivity index (χ0n) is 24.4. The van der Waals surface area contributed by atoms with Gasteiger partial charge in [-0.15, -0.1) is 0 Å². The van der Waals surface area contributed by atoms with E-state index >= 15 is 0 Å². The van der Waals surface area contributed by atoms with Crippen molar-refractivity contribution in [2.75, 3.05) is 0 Å². The van der Waals surface area contributed by atoms with Crippen molar-refractivity contribution in [2.24, 2.45) is 5.10 Å². The summed E-state index contributed by atoms with van der Waals surface area (Å²) in [6.45, 7) is 6.22. The van der Waals surface area contributed by atoms with E-state index in [1.165, 1.54) is 6.33 Å². The standard InChI is InChI=1S/C34H32N6O3/c1-4-8-29-27(16-21-11-13-25(22-9-6-5-7-10-22)26(15-21)28-18-31(41)38-37-28)32(42)39(33-35-20-36-40(29)33)24-12-14-30-23(17-24)19-34(2,3)43-30/h5-7,9-15,17,20H,4,8,16,18-19H2,1-3H3,(H,38,41). The van der Waals surface area contributed by atoms with Gasteiger partial charge in [0.2, 0.25) is 11.7 Å². The van der Waals surface area contributed by atoms with E-state index < -0.39 is 0 Å². The van der Waals surface area contributed by atoms with Crippen molar-refractivity contribution >= 4 is 17.4 Å². The summed E-state index contributed by atoms with van der Waals surface area (Å²) in [6.07, 6.45) is 4.38. The van der Waals surface area contributed by atoms with Gasteiger partial charge in [0.15, 0.2) is 0 Å². The van der Waals surface area contributed by atoms with Crippen LogP contribution in [-0.2, 0) is 24.1 Å². The molecule has 9 heteroatoms. The number of aromatic nitrogens is 4. The third-order valence-corrected chi connectivity index (χ3v) is 8.09. The predicted octanol–water partition coefficient (Wildman–Crippen LogP) is 5.03. The van der Waals surface area contributed by atoms with Crippen LogP contribution in [0.3, 0.4) is 0 Å². The van der Waals surface area contributed by atoms with Crippen LogP contribution in [0, 0.1) is 0 Å². The van der Waals surface area contributed by atoms with Gasteiger partial charge in [-0.3, -0.25) is 9.59 Å². The van der Waals surface area contributed by atoms with Gasteiger partial charge in [0, 0.05) is 29.5 Å². The SMILES string of the molecule is CCCc1c(Cc2ccc(-c3ccccc3)c(C3=NNC(=O)C3)c2)c(=O)n(-c2ccc3c(c2)CC(C)(C)O3)c2ncnn12. The quantitative estimate of drug-likeness (QED) is 0.295. The van der Waals surface area contributed by atoms with Crippen LogP contribution in [0.2, 0.25) is 0 Å². The first-order valence-corrected chi connectivity index (χ1v) is 14.6. The zero-order valence-corrected chi connectivity index (χ0v) is 24.4. The molecule has 2 aliphatic heterocycles. The smallest absolute Gasteiger partial charge is 0.263 e. The molecule has 4 heterocycles. The molecule has 216 valence electrons. The molecule has 2 aliphatic rings. The summed E-state index contributed by atoms with van der Waals surface area (Å²) in [5, 5.41) is 8.89. The Kier molecular flexibility index (Phi) is 6.45. The molecule has 9 nitrogen and oxygen atoms in total. The Balaban J connectivity index is 1.38. The highest BCUT2D eigenvalue weighted by molar-refractivity contribution is 6.16. The molecule has 0 saturated carbocycles. The van der Waals surface area contributed by atoms with Crippen molar-refractivity contribution in [1.29, 1.82) is 0 Å². The van der Waals surface area contributed by atoms with E-state index in [1.807, 2.05) is 48.5 Å². The topological polar surface area (TPSA) is 103 Å². The Morgan fingerprint density at radius 2 is 1.84 bits per heavy atom. The van der Waals surface area contributed by atoms with Crippen LogP contribution in [-0.4, -0.2) is 36.4 Å². The van der Waals surface area contributed by atoms with Crippen molar-refractivity contribution in [3.63, 3.8) is 0 Å². The highest BCUT2D eigenvalue weighted by Crippen LogP contribution is 2.36. The minimum absolute atomic E-state index is 0.120. The fourth-order valence-corrected chi connectivity index (χ4v) is 6.22. The Hall–Kier alpha value is -5.05. The second kappa shape index (κ2) is 10.3. The van der Waals surface area contributed by atoms with Gasteiger partial charge in [-0.25, -0.2) is 14.5 Å². The van der Waals surface area contributed by atoms with E-state index in [1.54, 1.807) is 9.08 Å². The molecule has 1 N–H and O–H groups in total. The molecule has 5 aromatic rings. The molecule has 0 aliphatic carbocycles. The molecule has 0 fully saturated rings. The lowest BCUT2D eigenvalue weighted by Gasteiger charge is -2.17. The second-order valence-electron chi connectivity index (χ2n) is 11.8. The lowest BCUT2D eigenvalue weighted by Crippen LogP contribution is -2.28. The molecule has 7 rings (SSSR count). The van der Waals surface area contributed by atoms with Crippen LogP contribution >= 0.6 is 0 Å². The van der Waals surface area contributed by atoms with Crippen molar-refractivity contribution < 1.29 is 9.53 Å². The molecule has 0 atom stereocenters. The Morgan fingerprint density at radius 3 is 2.60 bits per heavy atom. The van der Waals surface area contributed by atoms with Crippen LogP contribution in [0.15, 0.2) is 83.0 Å². The van der Waals surface area contributed by atoms with Crippen LogP contribution < -0.4 is 15.7 Å². The van der Waals surface area contributed by atoms with Crippen molar-refractivity contribution in [3.05, 3.63) is 111 Å². The molecule has 0 radical (unpaired) electrons. The van der Waals surface area contributed by atoms with E-state index in [2.05, 4.69) is 59.6 Å². The number of carbonyl (C=O) groups is 1. The molecule has 2 aromatic heterocycles. The molecule has 1 amide bonds. The highest BCUT2D eigenvalue weighted by Gasteiger charge is 2.31. The average Bonchev–Trinajstić information content (AvgIpc) is 3.72. The van der Waals surface area contributed by atoms with Crippen LogP contribution in [0.4, 0.5) is 0 Å². The Bertz CT molecular complexity index is 1990. The summed E-state index contributed by atoms with van der Waals surface area (Å²) in [6, 6.07) is 22.1. The first kappa shape index (κ1) is 26.8. The molecular weight excluding hydrogens is 540 g/mol. The summed E-state index contributed by atoms with van der Waals surface area (Å²) >= 11 is 0. The van der Waals surface area contributed by atoms with Crippen LogP contribution in [0.1, 0.15) is 61.6 Å². The van der Waals surface area contributed by atoms with Gasteiger partial charge in [-0.1, -0.05) is 55.8 Å². The van der Waals surface area contributed by atoms with Gasteiger partial charge in [-0.2, -0.15) is 15.2 Å². The maximum absolute atomic E-state index is 14.5. The Morgan fingerprint density at radius 1 is 1.00 bits per heavy atom. The molecule has 0 bridgehead atoms. The number of nitrogens with zero attached hydrogens (tertiary/aromatic N) is 5. The number of amides is 1. The first-order chi connectivity index (χ1) is 20.8. The van der Waals surface area contributed by atoms with Gasteiger partial charge in [0.05, 0.1) is 23.5 Å². The van der Waals surface area contributed by atoms with E-state index in [9.17, 15) is 9.59 Å². The minimum atomic E-state index is -0.292. The maximum Gasteiger partial charge on any atom is 0.263 e. The molecule has 3 aromatic carbocycles. The third kappa shape index (κ3) is 4.80. The van der Waals surface area contributed by atoms with Crippen molar-refractivity contribution in [1.82, 2.24) is 24.6 Å². The summed E-state index contributed by atoms with van der Waals surface area (Å²) in [4.78, 5) is 31.1. The summed E-state index contributed by atoms with van der Waals surface area (Å²) in [5.74, 6) is 1.20. The zero-order chi connectivity index (χ0) is 29.7. The number of ether oxygens (including phenoxy) is 1. The molecule has 0 saturated heterocycles. The normalized spacial score (nSPS) is 15.3. The first-order valence-electron chi connectivity index (χ1n) is 14.6. The monoisotopic (exact) mass is 572 g/mol. The second-order valence-corrected chi connectivity index (χ2v) is 11.8. The number of carbonyl (C=O) groups excluding carboxylic acids is 1. The maximum atomic E-state index is 14.5. The van der Waals surface area contributed by atoms with Crippen LogP contribution in [0.5, 0.6) is 5.75 Å². The summed E-state index contributed by atoms with van der Waals surface area (Å²) < 4.78 is 9.55. The van der Waals surface area contributed by atoms with Gasteiger partial charge < -0.3 is 4.74 Å². The summed E-state index contributed by atoms with van der Waals surface area (Å²) in [5.41, 5.74) is 10.0. The number of hydrazone groups is 1. The number of nitrogens with one attached hydrogen (secondary N) is 1. The summed E-state index contributed by atoms with van der Waals surface area (Å²) in [7, 11) is 0. The predicted molar refractivity (Wildman–Crippen MR) is 165 cm³/mol. The van der Waals surface area contributed by atoms with Crippen LogP contribution in [0.25, 0.3) is 22.6 Å². The van der Waals surface area contributed by atoms with E-state index in [0.29, 0.717) is 29.9 Å². The van der Waals surface area contributed by atoms with Gasteiger partial charge in [0.1, 0.15) is 17.7 Å². The number of hydrogen-bond donors (Lipinski definition) is 1. The lowest BCUT2D eigenvalue weighted by molar-refractivity contribution is -0.119. The van der Waals surface area contributed by atoms with E-state index in [0.717, 1.165) is 57.8 Å². The third-order valence-electron chi connectivity index (χ3n) is 8.09. The minimum Gasteiger partial charge on any atom is -0.487 e. The van der Waals surface area contributed by atoms with Gasteiger partial charge in [0.25, 0.3) is 5.56 Å². The van der Waals surface area contributed by atoms with Gasteiger partial charge >= 0.3 is 0 Å². The number of benzene rings is 3. The lowest BCUT2D eigenvalue weighted by atomic mass is 9.91. The van der Waals surface area contributed by atoms with E-state index in [-0.39, 0.29) is 23.5 Å².